The topological polar surface area (TPSA) is 126 Å². The molecular formula is C23H26FN5O4. The van der Waals surface area contributed by atoms with Gasteiger partial charge in [-0.2, -0.15) is 0 Å². The summed E-state index contributed by atoms with van der Waals surface area (Å²) in [5.74, 6) is -2.04. The number of carbonyl (C=O) groups is 2. The Kier molecular flexibility index (Phi) is 6.75. The van der Waals surface area contributed by atoms with Crippen LogP contribution in [0.5, 0.6) is 0 Å². The molecule has 0 saturated heterocycles. The summed E-state index contributed by atoms with van der Waals surface area (Å²) in [6, 6.07) is 5.09. The first kappa shape index (κ1) is 23.8. The molecule has 174 valence electrons. The van der Waals surface area contributed by atoms with Crippen molar-refractivity contribution in [3.63, 3.8) is 0 Å². The molecule has 0 aliphatic rings. The van der Waals surface area contributed by atoms with Crippen molar-refractivity contribution in [1.82, 2.24) is 19.9 Å². The number of hydrogen-bond acceptors (Lipinski definition) is 5. The fraction of sp³-hybridized carbons (Fsp3) is 0.348. The molecule has 0 atom stereocenters. The van der Waals surface area contributed by atoms with E-state index in [2.05, 4.69) is 20.6 Å². The summed E-state index contributed by atoms with van der Waals surface area (Å²) in [7, 11) is 1.37. The number of hydrogen-bond donors (Lipinski definition) is 3. The van der Waals surface area contributed by atoms with Crippen LogP contribution >= 0.6 is 0 Å². The van der Waals surface area contributed by atoms with Gasteiger partial charge in [0.1, 0.15) is 5.82 Å². The van der Waals surface area contributed by atoms with E-state index in [1.807, 2.05) is 27.7 Å². The highest BCUT2D eigenvalue weighted by Crippen LogP contribution is 2.22. The Bertz CT molecular complexity index is 1360. The second kappa shape index (κ2) is 9.35. The minimum absolute atomic E-state index is 0.0216. The number of rotatable bonds is 6. The van der Waals surface area contributed by atoms with Gasteiger partial charge in [0.25, 0.3) is 17.4 Å². The second-order valence-electron chi connectivity index (χ2n) is 8.44. The lowest BCUT2D eigenvalue weighted by atomic mass is 10.0. The monoisotopic (exact) mass is 455 g/mol. The lowest BCUT2D eigenvalue weighted by Gasteiger charge is -2.16. The van der Waals surface area contributed by atoms with E-state index in [4.69, 9.17) is 0 Å². The van der Waals surface area contributed by atoms with Crippen molar-refractivity contribution in [2.45, 2.75) is 40.2 Å². The van der Waals surface area contributed by atoms with Crippen molar-refractivity contribution in [2.75, 3.05) is 12.4 Å². The number of nitrogens with one attached hydrogen (secondary N) is 3. The molecule has 2 amide bonds. The molecule has 0 saturated carbocycles. The Hall–Kier alpha value is -3.82. The van der Waals surface area contributed by atoms with Gasteiger partial charge >= 0.3 is 5.69 Å². The number of nitrogens with zero attached hydrogens (tertiary/aromatic N) is 2. The average molecular weight is 455 g/mol. The molecule has 3 rings (SSSR count). The van der Waals surface area contributed by atoms with Gasteiger partial charge in [0, 0.05) is 25.0 Å². The van der Waals surface area contributed by atoms with Crippen LogP contribution in [0.1, 0.15) is 60.0 Å². The molecular weight excluding hydrogens is 429 g/mol. The van der Waals surface area contributed by atoms with Crippen LogP contribution in [0.3, 0.4) is 0 Å². The number of carbonyl (C=O) groups excluding carboxylic acids is 2. The summed E-state index contributed by atoms with van der Waals surface area (Å²) >= 11 is 0. The fourth-order valence-electron chi connectivity index (χ4n) is 3.41. The zero-order valence-electron chi connectivity index (χ0n) is 19.1. The lowest BCUT2D eigenvalue weighted by molar-refractivity contribution is 0.0957. The van der Waals surface area contributed by atoms with E-state index in [0.717, 1.165) is 6.07 Å². The van der Waals surface area contributed by atoms with Crippen molar-refractivity contribution >= 4 is 28.5 Å². The van der Waals surface area contributed by atoms with Crippen LogP contribution < -0.4 is 21.9 Å². The molecule has 1 aromatic carbocycles. The van der Waals surface area contributed by atoms with Gasteiger partial charge in [0.05, 0.1) is 16.5 Å². The summed E-state index contributed by atoms with van der Waals surface area (Å²) in [6.07, 6.45) is 0. The van der Waals surface area contributed by atoms with Crippen LogP contribution in [0, 0.1) is 11.7 Å². The highest BCUT2D eigenvalue weighted by Gasteiger charge is 2.21. The standard InChI is InChI=1S/C23H26FN5O4/c1-11(2)10-29-19-18(22(32)28-23(29)33)15(9-17(27-19)12(3)4)21(31)26-13-6-7-16(24)14(8-13)20(30)25-5/h6-9,11-12H,10H2,1-5H3,(H,25,30)(H,26,31)(H,28,32,33). The van der Waals surface area contributed by atoms with Gasteiger partial charge in [-0.3, -0.25) is 23.9 Å². The van der Waals surface area contributed by atoms with Crippen molar-refractivity contribution < 1.29 is 14.0 Å². The Morgan fingerprint density at radius 1 is 1.09 bits per heavy atom. The lowest BCUT2D eigenvalue weighted by Crippen LogP contribution is -2.33. The highest BCUT2D eigenvalue weighted by atomic mass is 19.1. The first-order valence-corrected chi connectivity index (χ1v) is 10.5. The van der Waals surface area contributed by atoms with Gasteiger partial charge in [-0.1, -0.05) is 27.7 Å². The predicted octanol–water partition coefficient (Wildman–Crippen LogP) is 2.62. The molecule has 0 fully saturated rings. The van der Waals surface area contributed by atoms with Crippen LogP contribution in [0.2, 0.25) is 0 Å². The van der Waals surface area contributed by atoms with E-state index in [1.165, 1.54) is 29.8 Å². The quantitative estimate of drug-likeness (QED) is 0.527. The highest BCUT2D eigenvalue weighted by molar-refractivity contribution is 6.12. The Balaban J connectivity index is 2.20. The number of aromatic nitrogens is 3. The normalized spacial score (nSPS) is 11.3. The molecule has 0 aliphatic carbocycles. The molecule has 0 bridgehead atoms. The Morgan fingerprint density at radius 3 is 2.39 bits per heavy atom. The molecule has 10 heteroatoms. The van der Waals surface area contributed by atoms with Gasteiger partial charge in [0.2, 0.25) is 0 Å². The second-order valence-corrected chi connectivity index (χ2v) is 8.44. The maximum atomic E-state index is 14.0. The molecule has 0 radical (unpaired) electrons. The maximum Gasteiger partial charge on any atom is 0.330 e. The van der Waals surface area contributed by atoms with Crippen LogP contribution in [-0.4, -0.2) is 33.4 Å². The number of halogens is 1. The van der Waals surface area contributed by atoms with E-state index in [1.54, 1.807) is 0 Å². The van der Waals surface area contributed by atoms with Crippen LogP contribution in [0.4, 0.5) is 10.1 Å². The summed E-state index contributed by atoms with van der Waals surface area (Å²) in [5, 5.41) is 4.92. The molecule has 3 aromatic rings. The zero-order valence-corrected chi connectivity index (χ0v) is 19.1. The molecule has 0 aliphatic heterocycles. The molecule has 9 nitrogen and oxygen atoms in total. The molecule has 33 heavy (non-hydrogen) atoms. The van der Waals surface area contributed by atoms with Crippen LogP contribution in [0.25, 0.3) is 11.0 Å². The number of H-pyrrole nitrogens is 1. The van der Waals surface area contributed by atoms with Gasteiger partial charge < -0.3 is 10.6 Å². The summed E-state index contributed by atoms with van der Waals surface area (Å²) < 4.78 is 15.4. The third-order valence-corrected chi connectivity index (χ3v) is 5.05. The van der Waals surface area contributed by atoms with E-state index in [0.29, 0.717) is 12.2 Å². The number of amides is 2. The average Bonchev–Trinajstić information content (AvgIpc) is 2.76. The third-order valence-electron chi connectivity index (χ3n) is 5.05. The van der Waals surface area contributed by atoms with Gasteiger partial charge in [-0.25, -0.2) is 14.2 Å². The predicted molar refractivity (Wildman–Crippen MR) is 123 cm³/mol. The maximum absolute atomic E-state index is 14.0. The number of anilines is 1. The fourth-order valence-corrected chi connectivity index (χ4v) is 3.41. The Labute approximate surface area is 189 Å². The van der Waals surface area contributed by atoms with Gasteiger partial charge in [-0.15, -0.1) is 0 Å². The zero-order chi connectivity index (χ0) is 24.4. The summed E-state index contributed by atoms with van der Waals surface area (Å²) in [6.45, 7) is 7.89. The third kappa shape index (κ3) is 4.84. The first-order chi connectivity index (χ1) is 15.5. The van der Waals surface area contributed by atoms with E-state index >= 15 is 0 Å². The van der Waals surface area contributed by atoms with Crippen molar-refractivity contribution in [3.05, 3.63) is 67.7 Å². The van der Waals surface area contributed by atoms with E-state index < -0.39 is 28.9 Å². The van der Waals surface area contributed by atoms with Crippen LogP contribution in [-0.2, 0) is 6.54 Å². The minimum Gasteiger partial charge on any atom is -0.355 e. The van der Waals surface area contributed by atoms with Crippen molar-refractivity contribution in [3.8, 4) is 0 Å². The van der Waals surface area contributed by atoms with E-state index in [9.17, 15) is 23.6 Å². The summed E-state index contributed by atoms with van der Waals surface area (Å²) in [4.78, 5) is 57.1. The van der Waals surface area contributed by atoms with Crippen molar-refractivity contribution in [1.29, 1.82) is 0 Å². The molecule has 3 N–H and O–H groups in total. The minimum atomic E-state index is -0.738. The van der Waals surface area contributed by atoms with E-state index in [-0.39, 0.29) is 39.7 Å². The largest absolute Gasteiger partial charge is 0.355 e. The number of aromatic amines is 1. The molecule has 0 unspecified atom stereocenters. The summed E-state index contributed by atoms with van der Waals surface area (Å²) in [5.41, 5.74) is -0.722. The molecule has 2 heterocycles. The van der Waals surface area contributed by atoms with Gasteiger partial charge in [0.15, 0.2) is 5.65 Å². The van der Waals surface area contributed by atoms with Crippen LogP contribution in [0.15, 0.2) is 33.9 Å². The number of pyridine rings is 1. The van der Waals surface area contributed by atoms with Gasteiger partial charge in [-0.05, 0) is 36.1 Å². The molecule has 2 aromatic heterocycles. The smallest absolute Gasteiger partial charge is 0.330 e. The first-order valence-electron chi connectivity index (χ1n) is 10.5. The number of fused-ring (bicyclic) bond motifs is 1. The Morgan fingerprint density at radius 2 is 1.79 bits per heavy atom. The SMILES string of the molecule is CNC(=O)c1cc(NC(=O)c2cc(C(C)C)nc3c2c(=O)[nH]c(=O)n3CC(C)C)ccc1F. The number of benzene rings is 1. The van der Waals surface area contributed by atoms with Crippen molar-refractivity contribution in [2.24, 2.45) is 5.92 Å². The molecule has 0 spiro atoms.